The maximum Gasteiger partial charge on any atom is 0.224 e. The SMILES string of the molecule is Cc1noc(C)c1CC(=O)NCCc1cnn(-c2ccccc2)c1. The van der Waals surface area contributed by atoms with Crippen molar-refractivity contribution in [2.24, 2.45) is 0 Å². The molecule has 0 fully saturated rings. The van der Waals surface area contributed by atoms with E-state index in [1.54, 1.807) is 0 Å². The van der Waals surface area contributed by atoms with E-state index in [1.807, 2.05) is 61.3 Å². The first-order valence-corrected chi connectivity index (χ1v) is 7.91. The van der Waals surface area contributed by atoms with E-state index in [0.717, 1.165) is 28.9 Å². The van der Waals surface area contributed by atoms with Crippen LogP contribution >= 0.6 is 0 Å². The summed E-state index contributed by atoms with van der Waals surface area (Å²) in [6.07, 6.45) is 4.84. The van der Waals surface area contributed by atoms with Gasteiger partial charge in [0.05, 0.1) is 24.0 Å². The van der Waals surface area contributed by atoms with E-state index < -0.39 is 0 Å². The summed E-state index contributed by atoms with van der Waals surface area (Å²) in [4.78, 5) is 12.0. The Kier molecular flexibility index (Phi) is 4.74. The highest BCUT2D eigenvalue weighted by Gasteiger charge is 2.13. The van der Waals surface area contributed by atoms with Gasteiger partial charge in [-0.3, -0.25) is 4.79 Å². The molecular formula is C18H20N4O2. The summed E-state index contributed by atoms with van der Waals surface area (Å²) in [5, 5.41) is 11.1. The molecule has 2 aromatic heterocycles. The zero-order valence-electron chi connectivity index (χ0n) is 13.8. The van der Waals surface area contributed by atoms with Gasteiger partial charge in [-0.05, 0) is 38.0 Å². The maximum atomic E-state index is 12.0. The van der Waals surface area contributed by atoms with E-state index in [4.69, 9.17) is 4.52 Å². The summed E-state index contributed by atoms with van der Waals surface area (Å²) in [6.45, 7) is 4.24. The normalized spacial score (nSPS) is 10.8. The van der Waals surface area contributed by atoms with Crippen molar-refractivity contribution < 1.29 is 9.32 Å². The van der Waals surface area contributed by atoms with Crippen LogP contribution < -0.4 is 5.32 Å². The van der Waals surface area contributed by atoms with E-state index in [2.05, 4.69) is 15.6 Å². The number of carbonyl (C=O) groups excluding carboxylic acids is 1. The van der Waals surface area contributed by atoms with Crippen molar-refractivity contribution in [3.63, 3.8) is 0 Å². The van der Waals surface area contributed by atoms with Crippen LogP contribution in [0.5, 0.6) is 0 Å². The first kappa shape index (κ1) is 16.0. The molecule has 0 spiro atoms. The Morgan fingerprint density at radius 3 is 2.75 bits per heavy atom. The molecule has 2 heterocycles. The Morgan fingerprint density at radius 1 is 1.25 bits per heavy atom. The summed E-state index contributed by atoms with van der Waals surface area (Å²) < 4.78 is 6.91. The number of hydrogen-bond donors (Lipinski definition) is 1. The fourth-order valence-electron chi connectivity index (χ4n) is 2.53. The quantitative estimate of drug-likeness (QED) is 0.755. The minimum atomic E-state index is -0.0279. The zero-order valence-corrected chi connectivity index (χ0v) is 13.8. The number of hydrogen-bond acceptors (Lipinski definition) is 4. The minimum Gasteiger partial charge on any atom is -0.361 e. The number of nitrogens with one attached hydrogen (secondary N) is 1. The molecule has 6 nitrogen and oxygen atoms in total. The molecule has 1 aromatic carbocycles. The van der Waals surface area contributed by atoms with Crippen LogP contribution in [0.3, 0.4) is 0 Å². The number of amides is 1. The third-order valence-electron chi connectivity index (χ3n) is 3.91. The highest BCUT2D eigenvalue weighted by atomic mass is 16.5. The van der Waals surface area contributed by atoms with E-state index in [9.17, 15) is 4.79 Å². The second kappa shape index (κ2) is 7.12. The zero-order chi connectivity index (χ0) is 16.9. The number of carbonyl (C=O) groups is 1. The van der Waals surface area contributed by atoms with Crippen LogP contribution in [0, 0.1) is 13.8 Å². The number of aryl methyl sites for hydroxylation is 2. The molecular weight excluding hydrogens is 304 g/mol. The monoisotopic (exact) mass is 324 g/mol. The van der Waals surface area contributed by atoms with Gasteiger partial charge in [0.25, 0.3) is 0 Å². The van der Waals surface area contributed by atoms with Gasteiger partial charge in [0.1, 0.15) is 5.76 Å². The minimum absolute atomic E-state index is 0.0279. The molecule has 0 aliphatic rings. The molecule has 0 aliphatic carbocycles. The Morgan fingerprint density at radius 2 is 2.04 bits per heavy atom. The van der Waals surface area contributed by atoms with E-state index in [0.29, 0.717) is 18.7 Å². The topological polar surface area (TPSA) is 73.0 Å². The van der Waals surface area contributed by atoms with Gasteiger partial charge in [-0.25, -0.2) is 4.68 Å². The van der Waals surface area contributed by atoms with Crippen molar-refractivity contribution in [2.75, 3.05) is 6.54 Å². The second-order valence-electron chi connectivity index (χ2n) is 5.71. The van der Waals surface area contributed by atoms with Crippen LogP contribution in [-0.4, -0.2) is 27.4 Å². The predicted octanol–water partition coefficient (Wildman–Crippen LogP) is 2.38. The third-order valence-corrected chi connectivity index (χ3v) is 3.91. The van der Waals surface area contributed by atoms with Crippen molar-refractivity contribution in [2.45, 2.75) is 26.7 Å². The van der Waals surface area contributed by atoms with Gasteiger partial charge in [-0.2, -0.15) is 5.10 Å². The van der Waals surface area contributed by atoms with Crippen molar-refractivity contribution in [1.29, 1.82) is 0 Å². The summed E-state index contributed by atoms with van der Waals surface area (Å²) in [5.74, 6) is 0.673. The summed E-state index contributed by atoms with van der Waals surface area (Å²) in [6, 6.07) is 9.93. The van der Waals surface area contributed by atoms with Gasteiger partial charge >= 0.3 is 0 Å². The number of nitrogens with zero attached hydrogens (tertiary/aromatic N) is 3. The lowest BCUT2D eigenvalue weighted by molar-refractivity contribution is -0.120. The lowest BCUT2D eigenvalue weighted by Gasteiger charge is -2.04. The molecule has 0 saturated heterocycles. The molecule has 0 radical (unpaired) electrons. The molecule has 0 aliphatic heterocycles. The van der Waals surface area contributed by atoms with Gasteiger partial charge in [-0.15, -0.1) is 0 Å². The number of aromatic nitrogens is 3. The van der Waals surface area contributed by atoms with Crippen molar-refractivity contribution in [1.82, 2.24) is 20.3 Å². The standard InChI is InChI=1S/C18H20N4O2/c1-13-17(14(2)24-21-13)10-18(23)19-9-8-15-11-20-22(12-15)16-6-4-3-5-7-16/h3-7,11-12H,8-10H2,1-2H3,(H,19,23). The molecule has 24 heavy (non-hydrogen) atoms. The second-order valence-corrected chi connectivity index (χ2v) is 5.71. The number of rotatable bonds is 6. The molecule has 0 saturated carbocycles. The van der Waals surface area contributed by atoms with Crippen molar-refractivity contribution in [3.05, 3.63) is 65.3 Å². The van der Waals surface area contributed by atoms with Crippen LogP contribution in [0.1, 0.15) is 22.6 Å². The van der Waals surface area contributed by atoms with Gasteiger partial charge in [0.15, 0.2) is 0 Å². The molecule has 1 amide bonds. The molecule has 124 valence electrons. The predicted molar refractivity (Wildman–Crippen MR) is 90.0 cm³/mol. The van der Waals surface area contributed by atoms with Crippen LogP contribution in [0.2, 0.25) is 0 Å². The molecule has 3 aromatic rings. The fourth-order valence-corrected chi connectivity index (χ4v) is 2.53. The Balaban J connectivity index is 1.50. The summed E-state index contributed by atoms with van der Waals surface area (Å²) >= 11 is 0. The summed E-state index contributed by atoms with van der Waals surface area (Å²) in [5.41, 5.74) is 3.74. The maximum absolute atomic E-state index is 12.0. The molecule has 3 rings (SSSR count). The third kappa shape index (κ3) is 3.71. The Hall–Kier alpha value is -2.89. The van der Waals surface area contributed by atoms with Gasteiger partial charge in [-0.1, -0.05) is 23.4 Å². The van der Waals surface area contributed by atoms with Gasteiger partial charge in [0, 0.05) is 18.3 Å². The fraction of sp³-hybridized carbons (Fsp3) is 0.278. The van der Waals surface area contributed by atoms with Crippen molar-refractivity contribution in [3.8, 4) is 5.69 Å². The first-order valence-electron chi connectivity index (χ1n) is 7.91. The Labute approximate surface area is 140 Å². The van der Waals surface area contributed by atoms with Gasteiger partial charge < -0.3 is 9.84 Å². The highest BCUT2D eigenvalue weighted by molar-refractivity contribution is 5.78. The number of para-hydroxylation sites is 1. The van der Waals surface area contributed by atoms with Crippen LogP contribution in [0.4, 0.5) is 0 Å². The van der Waals surface area contributed by atoms with Gasteiger partial charge in [0.2, 0.25) is 5.91 Å². The molecule has 1 N–H and O–H groups in total. The molecule has 0 atom stereocenters. The highest BCUT2D eigenvalue weighted by Crippen LogP contribution is 2.12. The molecule has 0 bridgehead atoms. The lowest BCUT2D eigenvalue weighted by Crippen LogP contribution is -2.27. The molecule has 0 unspecified atom stereocenters. The van der Waals surface area contributed by atoms with Crippen LogP contribution in [0.25, 0.3) is 5.69 Å². The van der Waals surface area contributed by atoms with Crippen LogP contribution in [-0.2, 0) is 17.6 Å². The van der Waals surface area contributed by atoms with Crippen molar-refractivity contribution >= 4 is 5.91 Å². The largest absolute Gasteiger partial charge is 0.361 e. The van der Waals surface area contributed by atoms with E-state index in [1.165, 1.54) is 0 Å². The average molecular weight is 324 g/mol. The smallest absolute Gasteiger partial charge is 0.224 e. The summed E-state index contributed by atoms with van der Waals surface area (Å²) in [7, 11) is 0. The lowest BCUT2D eigenvalue weighted by atomic mass is 10.1. The average Bonchev–Trinajstić information content (AvgIpc) is 3.18. The molecule has 6 heteroatoms. The number of benzene rings is 1. The van der Waals surface area contributed by atoms with Crippen LogP contribution in [0.15, 0.2) is 47.2 Å². The van der Waals surface area contributed by atoms with E-state index >= 15 is 0 Å². The van der Waals surface area contributed by atoms with E-state index in [-0.39, 0.29) is 5.91 Å². The first-order chi connectivity index (χ1) is 11.6. The Bertz CT molecular complexity index is 801.